The summed E-state index contributed by atoms with van der Waals surface area (Å²) >= 11 is 0. The Hall–Kier alpha value is -0.570. The number of hydrogen-bond acceptors (Lipinski definition) is 3. The van der Waals surface area contributed by atoms with Crippen LogP contribution in [0.3, 0.4) is 0 Å². The van der Waals surface area contributed by atoms with Gasteiger partial charge >= 0.3 is 5.97 Å². The summed E-state index contributed by atoms with van der Waals surface area (Å²) in [5.74, 6) is 1.39. The van der Waals surface area contributed by atoms with E-state index in [0.29, 0.717) is 12.0 Å². The van der Waals surface area contributed by atoms with Crippen LogP contribution in [0.15, 0.2) is 0 Å². The van der Waals surface area contributed by atoms with Crippen molar-refractivity contribution in [2.45, 2.75) is 70.4 Å². The molecule has 0 aromatic carbocycles. The van der Waals surface area contributed by atoms with E-state index in [1.165, 1.54) is 58.5 Å². The molecule has 3 nitrogen and oxygen atoms in total. The maximum absolute atomic E-state index is 11.7. The highest BCUT2D eigenvalue weighted by Crippen LogP contribution is 2.35. The van der Waals surface area contributed by atoms with Crippen LogP contribution in [0.25, 0.3) is 0 Å². The van der Waals surface area contributed by atoms with Crippen molar-refractivity contribution in [2.75, 3.05) is 7.11 Å². The third-order valence-corrected chi connectivity index (χ3v) is 4.51. The highest BCUT2D eigenvalue weighted by atomic mass is 16.5. The van der Waals surface area contributed by atoms with E-state index in [4.69, 9.17) is 4.74 Å². The summed E-state index contributed by atoms with van der Waals surface area (Å²) in [6.45, 7) is 2.27. The van der Waals surface area contributed by atoms with Crippen molar-refractivity contribution in [2.24, 2.45) is 11.8 Å². The first-order chi connectivity index (χ1) is 8.74. The zero-order chi connectivity index (χ0) is 13.0. The van der Waals surface area contributed by atoms with Crippen LogP contribution >= 0.6 is 0 Å². The van der Waals surface area contributed by atoms with Crippen molar-refractivity contribution in [3.63, 3.8) is 0 Å². The Morgan fingerprint density at radius 2 is 1.89 bits per heavy atom. The molecule has 0 amide bonds. The molecule has 0 bridgehead atoms. The van der Waals surface area contributed by atoms with Gasteiger partial charge in [-0.05, 0) is 50.4 Å². The van der Waals surface area contributed by atoms with Crippen molar-refractivity contribution in [3.05, 3.63) is 0 Å². The lowest BCUT2D eigenvalue weighted by Gasteiger charge is -2.31. The van der Waals surface area contributed by atoms with Crippen LogP contribution in [-0.2, 0) is 9.53 Å². The summed E-state index contributed by atoms with van der Waals surface area (Å²) in [5, 5.41) is 3.56. The third-order valence-electron chi connectivity index (χ3n) is 4.51. The molecule has 0 saturated heterocycles. The Morgan fingerprint density at radius 3 is 2.39 bits per heavy atom. The summed E-state index contributed by atoms with van der Waals surface area (Å²) in [5.41, 5.74) is 0. The fraction of sp³-hybridized carbons (Fsp3) is 0.933. The number of nitrogens with one attached hydrogen (secondary N) is 1. The monoisotopic (exact) mass is 253 g/mol. The van der Waals surface area contributed by atoms with Gasteiger partial charge in [-0.3, -0.25) is 4.79 Å². The summed E-state index contributed by atoms with van der Waals surface area (Å²) < 4.78 is 4.91. The van der Waals surface area contributed by atoms with Gasteiger partial charge in [-0.1, -0.05) is 19.8 Å². The van der Waals surface area contributed by atoms with E-state index in [0.717, 1.165) is 5.92 Å². The summed E-state index contributed by atoms with van der Waals surface area (Å²) in [6, 6.07) is 0.491. The van der Waals surface area contributed by atoms with E-state index >= 15 is 0 Å². The maximum Gasteiger partial charge on any atom is 0.323 e. The molecule has 0 heterocycles. The van der Waals surface area contributed by atoms with Gasteiger partial charge in [-0.2, -0.15) is 0 Å². The van der Waals surface area contributed by atoms with Crippen molar-refractivity contribution in [1.29, 1.82) is 0 Å². The van der Waals surface area contributed by atoms with Crippen LogP contribution < -0.4 is 5.32 Å². The minimum Gasteiger partial charge on any atom is -0.468 e. The van der Waals surface area contributed by atoms with Gasteiger partial charge < -0.3 is 10.1 Å². The quantitative estimate of drug-likeness (QED) is 0.740. The lowest BCUT2D eigenvalue weighted by molar-refractivity contribution is -0.144. The zero-order valence-corrected chi connectivity index (χ0v) is 11.8. The molecule has 1 unspecified atom stereocenters. The van der Waals surface area contributed by atoms with Gasteiger partial charge in [0.2, 0.25) is 0 Å². The van der Waals surface area contributed by atoms with E-state index in [-0.39, 0.29) is 12.0 Å². The Balaban J connectivity index is 1.77. The molecule has 0 aromatic rings. The number of ether oxygens (including phenoxy) is 1. The van der Waals surface area contributed by atoms with E-state index in [1.807, 2.05) is 0 Å². The number of carbonyl (C=O) groups is 1. The van der Waals surface area contributed by atoms with Gasteiger partial charge in [0.15, 0.2) is 0 Å². The summed E-state index contributed by atoms with van der Waals surface area (Å²) in [6.07, 6.45) is 10.1. The van der Waals surface area contributed by atoms with Gasteiger partial charge in [0.25, 0.3) is 0 Å². The predicted molar refractivity (Wildman–Crippen MR) is 72.3 cm³/mol. The zero-order valence-electron chi connectivity index (χ0n) is 11.8. The molecular weight excluding hydrogens is 226 g/mol. The van der Waals surface area contributed by atoms with Crippen molar-refractivity contribution < 1.29 is 9.53 Å². The van der Waals surface area contributed by atoms with Crippen molar-refractivity contribution in [1.82, 2.24) is 5.32 Å². The first kappa shape index (κ1) is 13.9. The molecule has 2 saturated carbocycles. The first-order valence-corrected chi connectivity index (χ1v) is 7.58. The van der Waals surface area contributed by atoms with Gasteiger partial charge in [0.1, 0.15) is 6.04 Å². The van der Waals surface area contributed by atoms with Crippen LogP contribution in [-0.4, -0.2) is 25.2 Å². The summed E-state index contributed by atoms with van der Waals surface area (Å²) in [4.78, 5) is 11.7. The average molecular weight is 253 g/mol. The van der Waals surface area contributed by atoms with Crippen molar-refractivity contribution in [3.8, 4) is 0 Å². The minimum atomic E-state index is -0.0619. The molecule has 2 aliphatic carbocycles. The molecule has 0 spiro atoms. The fourth-order valence-corrected chi connectivity index (χ4v) is 3.23. The highest BCUT2D eigenvalue weighted by molar-refractivity contribution is 5.76. The molecule has 1 N–H and O–H groups in total. The third kappa shape index (κ3) is 3.71. The number of methoxy groups -OCH3 is 1. The molecule has 3 heteroatoms. The molecule has 18 heavy (non-hydrogen) atoms. The number of hydrogen-bond donors (Lipinski definition) is 1. The Kier molecular flexibility index (Phi) is 5.04. The van der Waals surface area contributed by atoms with Crippen LogP contribution in [0, 0.1) is 11.8 Å². The molecule has 104 valence electrons. The minimum absolute atomic E-state index is 0.0391. The fourth-order valence-electron chi connectivity index (χ4n) is 3.23. The predicted octanol–water partition coefficient (Wildman–Crippen LogP) is 2.89. The smallest absolute Gasteiger partial charge is 0.323 e. The van der Waals surface area contributed by atoms with E-state index < -0.39 is 0 Å². The standard InChI is InChI=1S/C15H27NO2/c1-3-4-11-5-9-13(10-6-11)16-14(12-7-8-12)15(17)18-2/h11-14,16H,3-10H2,1-2H3. The molecule has 2 rings (SSSR count). The maximum atomic E-state index is 11.7. The second-order valence-corrected chi connectivity index (χ2v) is 6.01. The molecule has 2 fully saturated rings. The topological polar surface area (TPSA) is 38.3 Å². The molecule has 2 aliphatic rings. The molecule has 0 aliphatic heterocycles. The Bertz CT molecular complexity index is 268. The van der Waals surface area contributed by atoms with E-state index in [1.54, 1.807) is 0 Å². The lowest BCUT2D eigenvalue weighted by Crippen LogP contribution is -2.46. The second kappa shape index (κ2) is 6.55. The second-order valence-electron chi connectivity index (χ2n) is 6.01. The van der Waals surface area contributed by atoms with Crippen molar-refractivity contribution >= 4 is 5.97 Å². The van der Waals surface area contributed by atoms with E-state index in [2.05, 4.69) is 12.2 Å². The number of rotatable bonds is 6. The van der Waals surface area contributed by atoms with Crippen LogP contribution in [0.2, 0.25) is 0 Å². The van der Waals surface area contributed by atoms with Gasteiger partial charge in [0, 0.05) is 6.04 Å². The molecule has 0 radical (unpaired) electrons. The largest absolute Gasteiger partial charge is 0.468 e. The molecule has 1 atom stereocenters. The summed E-state index contributed by atoms with van der Waals surface area (Å²) in [7, 11) is 1.50. The Labute approximate surface area is 111 Å². The first-order valence-electron chi connectivity index (χ1n) is 7.58. The molecular formula is C15H27NO2. The lowest BCUT2D eigenvalue weighted by atomic mass is 9.83. The van der Waals surface area contributed by atoms with Crippen LogP contribution in [0.4, 0.5) is 0 Å². The van der Waals surface area contributed by atoms with E-state index in [9.17, 15) is 4.79 Å². The van der Waals surface area contributed by atoms with Gasteiger partial charge in [-0.25, -0.2) is 0 Å². The van der Waals surface area contributed by atoms with Gasteiger partial charge in [0.05, 0.1) is 7.11 Å². The molecule has 0 aromatic heterocycles. The number of esters is 1. The average Bonchev–Trinajstić information content (AvgIpc) is 3.21. The van der Waals surface area contributed by atoms with Gasteiger partial charge in [-0.15, -0.1) is 0 Å². The highest BCUT2D eigenvalue weighted by Gasteiger charge is 2.38. The Morgan fingerprint density at radius 1 is 1.22 bits per heavy atom. The van der Waals surface area contributed by atoms with Crippen LogP contribution in [0.1, 0.15) is 58.3 Å². The number of carbonyl (C=O) groups excluding carboxylic acids is 1. The van der Waals surface area contributed by atoms with Crippen LogP contribution in [0.5, 0.6) is 0 Å². The normalized spacial score (nSPS) is 29.9. The SMILES string of the molecule is CCCC1CCC(NC(C(=O)OC)C2CC2)CC1.